The van der Waals surface area contributed by atoms with E-state index < -0.39 is 0 Å². The van der Waals surface area contributed by atoms with Crippen molar-refractivity contribution in [2.75, 3.05) is 39.6 Å². The first-order valence-electron chi connectivity index (χ1n) is 16.2. The maximum absolute atomic E-state index is 6.13. The number of hydrogen-bond acceptors (Lipinski definition) is 6. The summed E-state index contributed by atoms with van der Waals surface area (Å²) in [5, 5.41) is 0. The Bertz CT molecular complexity index is 1680. The van der Waals surface area contributed by atoms with Gasteiger partial charge in [-0.1, -0.05) is 51.1 Å². The van der Waals surface area contributed by atoms with E-state index in [2.05, 4.69) is 151 Å². The van der Waals surface area contributed by atoms with Gasteiger partial charge in [-0.3, -0.25) is 0 Å². The molecule has 10 heteroatoms. The van der Waals surface area contributed by atoms with E-state index in [0.29, 0.717) is 19.8 Å². The Morgan fingerprint density at radius 2 is 1.06 bits per heavy atom. The molecule has 3 aliphatic heterocycles. The number of halogens is 4. The molecule has 3 heterocycles. The monoisotopic (exact) mass is 906 g/mol. The van der Waals surface area contributed by atoms with Crippen molar-refractivity contribution in [2.24, 2.45) is 5.92 Å². The zero-order valence-electron chi connectivity index (χ0n) is 27.1. The SMILES string of the molecule is CC(C)(c1ccc(C(C)(c2cc(Br)c(OCC3CO3)c(Br)c2)C2C=CC(OCC3CO3)=CC2)cc1)c1cc(Br)c(OCC2CO2)c(Br)c1. The zero-order chi connectivity index (χ0) is 33.6. The molecule has 0 saturated carbocycles. The van der Waals surface area contributed by atoms with Gasteiger partial charge in [0.25, 0.3) is 0 Å². The molecule has 4 aliphatic rings. The Morgan fingerprint density at radius 3 is 1.50 bits per heavy atom. The number of benzene rings is 3. The van der Waals surface area contributed by atoms with Gasteiger partial charge in [-0.2, -0.15) is 0 Å². The molecule has 0 spiro atoms. The minimum Gasteiger partial charge on any atom is -0.491 e. The average Bonchev–Trinajstić information content (AvgIpc) is 3.91. The summed E-state index contributed by atoms with van der Waals surface area (Å²) < 4.78 is 37.9. The number of ether oxygens (including phenoxy) is 6. The topological polar surface area (TPSA) is 65.3 Å². The van der Waals surface area contributed by atoms with Crippen molar-refractivity contribution in [3.63, 3.8) is 0 Å². The van der Waals surface area contributed by atoms with Crippen molar-refractivity contribution in [3.05, 3.63) is 113 Å². The average molecular weight is 910 g/mol. The number of epoxide rings is 3. The first-order valence-corrected chi connectivity index (χ1v) is 19.4. The van der Waals surface area contributed by atoms with Gasteiger partial charge >= 0.3 is 0 Å². The van der Waals surface area contributed by atoms with Crippen molar-refractivity contribution >= 4 is 63.7 Å². The third kappa shape index (κ3) is 7.65. The summed E-state index contributed by atoms with van der Waals surface area (Å²) in [6.45, 7) is 10.8. The second kappa shape index (κ2) is 14.2. The second-order valence-corrected chi connectivity index (χ2v) is 17.0. The lowest BCUT2D eigenvalue weighted by Crippen LogP contribution is -2.33. The molecule has 1 aliphatic carbocycles. The van der Waals surface area contributed by atoms with Crippen LogP contribution < -0.4 is 9.47 Å². The molecule has 3 saturated heterocycles. The largest absolute Gasteiger partial charge is 0.491 e. The van der Waals surface area contributed by atoms with Crippen LogP contribution in [0, 0.1) is 5.92 Å². The maximum Gasteiger partial charge on any atom is 0.147 e. The minimum absolute atomic E-state index is 0.175. The third-order valence-corrected chi connectivity index (χ3v) is 12.2. The van der Waals surface area contributed by atoms with Gasteiger partial charge in [-0.25, -0.2) is 0 Å². The maximum atomic E-state index is 6.13. The molecule has 254 valence electrons. The number of allylic oxidation sites excluding steroid dienone is 3. The highest BCUT2D eigenvalue weighted by Crippen LogP contribution is 2.48. The lowest BCUT2D eigenvalue weighted by molar-refractivity contribution is 0.189. The van der Waals surface area contributed by atoms with Crippen LogP contribution in [0.3, 0.4) is 0 Å². The summed E-state index contributed by atoms with van der Waals surface area (Å²) in [6, 6.07) is 17.9. The van der Waals surface area contributed by atoms with Crippen LogP contribution in [0.2, 0.25) is 0 Å². The molecule has 5 unspecified atom stereocenters. The highest BCUT2D eigenvalue weighted by atomic mass is 79.9. The molecule has 0 aromatic heterocycles. The number of rotatable bonds is 14. The molecule has 48 heavy (non-hydrogen) atoms. The summed E-state index contributed by atoms with van der Waals surface area (Å²) in [7, 11) is 0. The van der Waals surface area contributed by atoms with Gasteiger partial charge < -0.3 is 28.4 Å². The van der Waals surface area contributed by atoms with Crippen molar-refractivity contribution in [2.45, 2.75) is 56.3 Å². The van der Waals surface area contributed by atoms with Crippen LogP contribution in [-0.4, -0.2) is 58.0 Å². The van der Waals surface area contributed by atoms with Gasteiger partial charge in [0, 0.05) is 10.8 Å². The Hall–Kier alpha value is -1.66. The van der Waals surface area contributed by atoms with Crippen LogP contribution >= 0.6 is 63.7 Å². The summed E-state index contributed by atoms with van der Waals surface area (Å²) >= 11 is 15.2. The fraction of sp³-hybridized carbons (Fsp3) is 0.421. The summed E-state index contributed by atoms with van der Waals surface area (Å²) in [6.07, 6.45) is 8.06. The highest BCUT2D eigenvalue weighted by Gasteiger charge is 2.39. The van der Waals surface area contributed by atoms with Crippen molar-refractivity contribution in [1.82, 2.24) is 0 Å². The molecular formula is C38H38Br4O6. The van der Waals surface area contributed by atoms with Gasteiger partial charge in [0.15, 0.2) is 0 Å². The Kier molecular flexibility index (Phi) is 10.3. The van der Waals surface area contributed by atoms with Crippen LogP contribution in [-0.2, 0) is 29.8 Å². The summed E-state index contributed by atoms with van der Waals surface area (Å²) in [4.78, 5) is 0. The lowest BCUT2D eigenvalue weighted by atomic mass is 9.65. The molecule has 6 nitrogen and oxygen atoms in total. The van der Waals surface area contributed by atoms with E-state index in [9.17, 15) is 0 Å². The smallest absolute Gasteiger partial charge is 0.147 e. The van der Waals surface area contributed by atoms with Gasteiger partial charge in [-0.05, 0) is 135 Å². The van der Waals surface area contributed by atoms with Gasteiger partial charge in [-0.15, -0.1) is 0 Å². The van der Waals surface area contributed by atoms with Crippen LogP contribution in [0.15, 0.2) is 90.4 Å². The summed E-state index contributed by atoms with van der Waals surface area (Å²) in [5.74, 6) is 2.69. The minimum atomic E-state index is -0.361. The molecule has 0 bridgehead atoms. The van der Waals surface area contributed by atoms with Crippen LogP contribution in [0.5, 0.6) is 11.5 Å². The molecule has 0 radical (unpaired) electrons. The van der Waals surface area contributed by atoms with Crippen molar-refractivity contribution in [1.29, 1.82) is 0 Å². The standard InChI is InChI=1S/C38H38Br4O6/c1-37(2,25-12-31(39)35(32(40)13-25)47-20-29-18-45-29)22-4-6-23(7-5-22)38(3,24-8-10-27(11-9-24)43-16-28-17-44-28)26-14-33(41)36(34(42)15-26)48-21-30-19-46-30/h4-8,10-15,24,28-30H,9,16-21H2,1-3H3. The molecule has 7 rings (SSSR count). The zero-order valence-corrected chi connectivity index (χ0v) is 33.4. The Balaban J connectivity index is 1.19. The van der Waals surface area contributed by atoms with Crippen LogP contribution in [0.4, 0.5) is 0 Å². The first kappa shape index (κ1) is 34.8. The molecule has 5 atom stereocenters. The van der Waals surface area contributed by atoms with E-state index in [0.717, 1.165) is 61.4 Å². The van der Waals surface area contributed by atoms with Gasteiger partial charge in [0.05, 0.1) is 37.7 Å². The van der Waals surface area contributed by atoms with E-state index in [-0.39, 0.29) is 35.1 Å². The molecule has 0 N–H and O–H groups in total. The quantitative estimate of drug-likeness (QED) is 0.150. The predicted molar refractivity (Wildman–Crippen MR) is 200 cm³/mol. The van der Waals surface area contributed by atoms with E-state index in [4.69, 9.17) is 28.4 Å². The van der Waals surface area contributed by atoms with Gasteiger partial charge in [0.1, 0.15) is 55.4 Å². The lowest BCUT2D eigenvalue weighted by Gasteiger charge is -2.39. The summed E-state index contributed by atoms with van der Waals surface area (Å²) in [5.41, 5.74) is 4.18. The van der Waals surface area contributed by atoms with E-state index >= 15 is 0 Å². The molecule has 3 aromatic rings. The highest BCUT2D eigenvalue weighted by molar-refractivity contribution is 9.11. The van der Waals surface area contributed by atoms with E-state index in [1.807, 2.05) is 0 Å². The van der Waals surface area contributed by atoms with Crippen LogP contribution in [0.25, 0.3) is 0 Å². The van der Waals surface area contributed by atoms with E-state index in [1.165, 1.54) is 22.3 Å². The van der Waals surface area contributed by atoms with E-state index in [1.54, 1.807) is 0 Å². The third-order valence-electron chi connectivity index (χ3n) is 9.80. The second-order valence-electron chi connectivity index (χ2n) is 13.5. The normalized spacial score (nSPS) is 24.0. The number of hydrogen-bond donors (Lipinski definition) is 0. The Labute approximate surface area is 316 Å². The molecule has 0 amide bonds. The van der Waals surface area contributed by atoms with Gasteiger partial charge in [0.2, 0.25) is 0 Å². The first-order chi connectivity index (χ1) is 23.0. The fourth-order valence-corrected chi connectivity index (χ4v) is 9.05. The molecule has 3 fully saturated rings. The van der Waals surface area contributed by atoms with Crippen molar-refractivity contribution in [3.8, 4) is 11.5 Å². The van der Waals surface area contributed by atoms with Crippen molar-refractivity contribution < 1.29 is 28.4 Å². The molecular weight excluding hydrogens is 872 g/mol. The Morgan fingerprint density at radius 1 is 0.625 bits per heavy atom. The molecule has 3 aromatic carbocycles. The van der Waals surface area contributed by atoms with Crippen LogP contribution in [0.1, 0.15) is 49.4 Å². The fourth-order valence-electron chi connectivity index (χ4n) is 6.22. The predicted octanol–water partition coefficient (Wildman–Crippen LogP) is 9.80.